The first kappa shape index (κ1) is 18.1. The van der Waals surface area contributed by atoms with E-state index < -0.39 is 5.60 Å². The van der Waals surface area contributed by atoms with Gasteiger partial charge in [-0.05, 0) is 44.0 Å². The van der Waals surface area contributed by atoms with Crippen molar-refractivity contribution >= 4 is 11.7 Å². The SMILES string of the molecule is CN(C)c1ccc([C@@H](CC(=O)OC(C)(C)C)c2ccccc2)cc1. The van der Waals surface area contributed by atoms with Crippen molar-refractivity contribution in [1.29, 1.82) is 0 Å². The van der Waals surface area contributed by atoms with Crippen molar-refractivity contribution < 1.29 is 9.53 Å². The van der Waals surface area contributed by atoms with Gasteiger partial charge in [0.05, 0.1) is 6.42 Å². The molecule has 0 aliphatic carbocycles. The van der Waals surface area contributed by atoms with Crippen molar-refractivity contribution in [2.24, 2.45) is 0 Å². The number of nitrogens with zero attached hydrogens (tertiary/aromatic N) is 1. The highest BCUT2D eigenvalue weighted by Gasteiger charge is 2.23. The van der Waals surface area contributed by atoms with E-state index in [1.54, 1.807) is 0 Å². The molecule has 0 N–H and O–H groups in total. The molecular weight excluding hydrogens is 298 g/mol. The molecular formula is C21H27NO2. The van der Waals surface area contributed by atoms with Gasteiger partial charge >= 0.3 is 5.97 Å². The Bertz CT molecular complexity index is 654. The highest BCUT2D eigenvalue weighted by atomic mass is 16.6. The van der Waals surface area contributed by atoms with Crippen molar-refractivity contribution in [3.05, 3.63) is 65.7 Å². The predicted octanol–water partition coefficient (Wildman–Crippen LogP) is 4.62. The van der Waals surface area contributed by atoms with Crippen LogP contribution in [0.1, 0.15) is 44.2 Å². The van der Waals surface area contributed by atoms with E-state index in [1.165, 1.54) is 0 Å². The summed E-state index contributed by atoms with van der Waals surface area (Å²) in [6, 6.07) is 18.5. The molecule has 0 saturated heterocycles. The van der Waals surface area contributed by atoms with Crippen molar-refractivity contribution in [2.45, 2.75) is 38.7 Å². The van der Waals surface area contributed by atoms with E-state index in [2.05, 4.69) is 41.3 Å². The Hall–Kier alpha value is -2.29. The van der Waals surface area contributed by atoms with Crippen LogP contribution in [-0.2, 0) is 9.53 Å². The number of ether oxygens (including phenoxy) is 1. The van der Waals surface area contributed by atoms with Crippen molar-refractivity contribution in [3.8, 4) is 0 Å². The van der Waals surface area contributed by atoms with E-state index in [9.17, 15) is 4.79 Å². The molecule has 2 aromatic carbocycles. The Morgan fingerprint density at radius 1 is 0.958 bits per heavy atom. The molecule has 0 unspecified atom stereocenters. The summed E-state index contributed by atoms with van der Waals surface area (Å²) >= 11 is 0. The minimum absolute atomic E-state index is 0.00253. The summed E-state index contributed by atoms with van der Waals surface area (Å²) in [5, 5.41) is 0. The van der Waals surface area contributed by atoms with Crippen LogP contribution in [0.3, 0.4) is 0 Å². The molecule has 0 aliphatic heterocycles. The Labute approximate surface area is 145 Å². The van der Waals surface area contributed by atoms with Gasteiger partial charge in [0.25, 0.3) is 0 Å². The largest absolute Gasteiger partial charge is 0.460 e. The molecule has 3 nitrogen and oxygen atoms in total. The number of hydrogen-bond acceptors (Lipinski definition) is 3. The van der Waals surface area contributed by atoms with Gasteiger partial charge in [0.15, 0.2) is 0 Å². The van der Waals surface area contributed by atoms with Crippen LogP contribution < -0.4 is 4.90 Å². The molecule has 2 rings (SSSR count). The zero-order valence-electron chi connectivity index (χ0n) is 15.2. The van der Waals surface area contributed by atoms with Gasteiger partial charge in [0.2, 0.25) is 0 Å². The third-order valence-corrected chi connectivity index (χ3v) is 3.80. The van der Waals surface area contributed by atoms with Crippen molar-refractivity contribution in [1.82, 2.24) is 0 Å². The second-order valence-corrected chi connectivity index (χ2v) is 7.24. The summed E-state index contributed by atoms with van der Waals surface area (Å²) in [5.74, 6) is -0.176. The van der Waals surface area contributed by atoms with Gasteiger partial charge in [-0.15, -0.1) is 0 Å². The third-order valence-electron chi connectivity index (χ3n) is 3.80. The lowest BCUT2D eigenvalue weighted by Crippen LogP contribution is -2.25. The Kier molecular flexibility index (Phi) is 5.66. The summed E-state index contributed by atoms with van der Waals surface area (Å²) in [6.45, 7) is 5.69. The van der Waals surface area contributed by atoms with Gasteiger partial charge in [0.1, 0.15) is 5.60 Å². The molecule has 3 heteroatoms. The predicted molar refractivity (Wildman–Crippen MR) is 99.5 cm³/mol. The van der Waals surface area contributed by atoms with Crippen LogP contribution in [0, 0.1) is 0 Å². The summed E-state index contributed by atoms with van der Waals surface area (Å²) in [7, 11) is 4.04. The first-order chi connectivity index (χ1) is 11.3. The first-order valence-corrected chi connectivity index (χ1v) is 8.30. The van der Waals surface area contributed by atoms with Gasteiger partial charge in [-0.3, -0.25) is 4.79 Å². The Morgan fingerprint density at radius 3 is 2.00 bits per heavy atom. The molecule has 2 aromatic rings. The van der Waals surface area contributed by atoms with Crippen LogP contribution in [0.4, 0.5) is 5.69 Å². The molecule has 0 radical (unpaired) electrons. The van der Waals surface area contributed by atoms with E-state index in [4.69, 9.17) is 4.74 Å². The molecule has 0 heterocycles. The van der Waals surface area contributed by atoms with Gasteiger partial charge in [-0.2, -0.15) is 0 Å². The minimum Gasteiger partial charge on any atom is -0.460 e. The summed E-state index contributed by atoms with van der Waals surface area (Å²) in [4.78, 5) is 14.4. The van der Waals surface area contributed by atoms with Crippen LogP contribution in [0.15, 0.2) is 54.6 Å². The summed E-state index contributed by atoms with van der Waals surface area (Å²) in [6.07, 6.45) is 0.336. The highest BCUT2D eigenvalue weighted by molar-refractivity contribution is 5.72. The van der Waals surface area contributed by atoms with E-state index in [-0.39, 0.29) is 11.9 Å². The van der Waals surface area contributed by atoms with Crippen LogP contribution in [0.2, 0.25) is 0 Å². The first-order valence-electron chi connectivity index (χ1n) is 8.30. The maximum atomic E-state index is 12.4. The minimum atomic E-state index is -0.465. The Morgan fingerprint density at radius 2 is 1.50 bits per heavy atom. The molecule has 1 atom stereocenters. The molecule has 0 fully saturated rings. The standard InChI is InChI=1S/C21H27NO2/c1-21(2,3)24-20(23)15-19(16-9-7-6-8-10-16)17-11-13-18(14-12-17)22(4)5/h6-14,19H,15H2,1-5H3/t19-/m0/s1. The smallest absolute Gasteiger partial charge is 0.307 e. The monoisotopic (exact) mass is 325 g/mol. The van der Waals surface area contributed by atoms with Crippen LogP contribution >= 0.6 is 0 Å². The van der Waals surface area contributed by atoms with Crippen molar-refractivity contribution in [3.63, 3.8) is 0 Å². The van der Waals surface area contributed by atoms with Gasteiger partial charge in [-0.1, -0.05) is 42.5 Å². The molecule has 0 spiro atoms. The molecule has 0 aromatic heterocycles. The lowest BCUT2D eigenvalue weighted by atomic mass is 9.88. The highest BCUT2D eigenvalue weighted by Crippen LogP contribution is 2.30. The third kappa shape index (κ3) is 5.12. The number of rotatable bonds is 5. The average molecular weight is 325 g/mol. The van der Waals surface area contributed by atoms with E-state index in [1.807, 2.05) is 53.1 Å². The second-order valence-electron chi connectivity index (χ2n) is 7.24. The molecule has 128 valence electrons. The number of carbonyl (C=O) groups is 1. The average Bonchev–Trinajstić information content (AvgIpc) is 2.52. The van der Waals surface area contributed by atoms with Crippen LogP contribution in [0.25, 0.3) is 0 Å². The van der Waals surface area contributed by atoms with Crippen LogP contribution in [-0.4, -0.2) is 25.7 Å². The fourth-order valence-electron chi connectivity index (χ4n) is 2.67. The number of anilines is 1. The Balaban J connectivity index is 2.28. The van der Waals surface area contributed by atoms with E-state index in [0.717, 1.165) is 16.8 Å². The fourth-order valence-corrected chi connectivity index (χ4v) is 2.67. The van der Waals surface area contributed by atoms with E-state index in [0.29, 0.717) is 6.42 Å². The lowest BCUT2D eigenvalue weighted by Gasteiger charge is -2.23. The zero-order chi connectivity index (χ0) is 17.7. The molecule has 24 heavy (non-hydrogen) atoms. The lowest BCUT2D eigenvalue weighted by molar-refractivity contribution is -0.155. The van der Waals surface area contributed by atoms with E-state index >= 15 is 0 Å². The van der Waals surface area contributed by atoms with Gasteiger partial charge in [0, 0.05) is 25.7 Å². The summed E-state index contributed by atoms with van der Waals surface area (Å²) < 4.78 is 5.53. The maximum absolute atomic E-state index is 12.4. The molecule has 0 saturated carbocycles. The quantitative estimate of drug-likeness (QED) is 0.752. The maximum Gasteiger partial charge on any atom is 0.307 e. The van der Waals surface area contributed by atoms with Crippen molar-refractivity contribution in [2.75, 3.05) is 19.0 Å². The van der Waals surface area contributed by atoms with Gasteiger partial charge in [-0.25, -0.2) is 0 Å². The topological polar surface area (TPSA) is 29.5 Å². The zero-order valence-corrected chi connectivity index (χ0v) is 15.2. The molecule has 0 amide bonds. The fraction of sp³-hybridized carbons (Fsp3) is 0.381. The molecule has 0 bridgehead atoms. The van der Waals surface area contributed by atoms with Gasteiger partial charge < -0.3 is 9.64 Å². The van der Waals surface area contributed by atoms with Crippen LogP contribution in [0.5, 0.6) is 0 Å². The number of hydrogen-bond donors (Lipinski definition) is 0. The summed E-state index contributed by atoms with van der Waals surface area (Å²) in [5.41, 5.74) is 2.93. The second kappa shape index (κ2) is 7.52. The normalized spacial score (nSPS) is 12.5. The molecule has 0 aliphatic rings. The number of esters is 1. The number of benzene rings is 2. The number of carbonyl (C=O) groups excluding carboxylic acids is 1.